The van der Waals surface area contributed by atoms with Crippen LogP contribution >= 0.6 is 0 Å². The summed E-state index contributed by atoms with van der Waals surface area (Å²) in [6.45, 7) is 2.82. The van der Waals surface area contributed by atoms with E-state index in [1.807, 2.05) is 31.2 Å². The molecule has 0 spiro atoms. The molecule has 1 saturated heterocycles. The summed E-state index contributed by atoms with van der Waals surface area (Å²) in [5.41, 5.74) is 6.93. The van der Waals surface area contributed by atoms with Gasteiger partial charge in [-0.3, -0.25) is 0 Å². The van der Waals surface area contributed by atoms with E-state index in [0.717, 1.165) is 11.3 Å². The number of benzene rings is 2. The lowest BCUT2D eigenvalue weighted by Gasteiger charge is -2.29. The van der Waals surface area contributed by atoms with Crippen LogP contribution in [0.5, 0.6) is 11.5 Å². The maximum absolute atomic E-state index is 12.5. The molecular weight excluding hydrogens is 340 g/mol. The molecule has 3 rings (SSSR count). The fourth-order valence-electron chi connectivity index (χ4n) is 2.66. The van der Waals surface area contributed by atoms with Gasteiger partial charge < -0.3 is 15.2 Å². The predicted octanol–water partition coefficient (Wildman–Crippen LogP) is 2.18. The van der Waals surface area contributed by atoms with Gasteiger partial charge in [-0.1, -0.05) is 18.2 Å². The van der Waals surface area contributed by atoms with Crippen molar-refractivity contribution in [3.8, 4) is 11.5 Å². The third-order valence-corrected chi connectivity index (χ3v) is 5.67. The molecule has 7 heteroatoms. The Morgan fingerprint density at radius 1 is 1.16 bits per heavy atom. The third kappa shape index (κ3) is 4.38. The zero-order valence-corrected chi connectivity index (χ0v) is 14.8. The van der Waals surface area contributed by atoms with Crippen molar-refractivity contribution < 1.29 is 17.9 Å². The summed E-state index contributed by atoms with van der Waals surface area (Å²) in [5.74, 6) is 1.32. The van der Waals surface area contributed by atoms with Crippen molar-refractivity contribution in [3.05, 3.63) is 54.1 Å². The van der Waals surface area contributed by atoms with Crippen LogP contribution in [0, 0.1) is 6.92 Å². The van der Waals surface area contributed by atoms with Crippen molar-refractivity contribution in [1.82, 2.24) is 4.72 Å². The smallest absolute Gasteiger partial charge is 0.240 e. The quantitative estimate of drug-likeness (QED) is 0.851. The van der Waals surface area contributed by atoms with Gasteiger partial charge in [0.25, 0.3) is 0 Å². The Bertz CT molecular complexity index is 821. The Morgan fingerprint density at radius 2 is 1.88 bits per heavy atom. The second-order valence-electron chi connectivity index (χ2n) is 6.09. The monoisotopic (exact) mass is 362 g/mol. The van der Waals surface area contributed by atoms with Crippen molar-refractivity contribution in [2.45, 2.75) is 30.3 Å². The maximum Gasteiger partial charge on any atom is 0.240 e. The average Bonchev–Trinajstić information content (AvgIpc) is 2.59. The van der Waals surface area contributed by atoms with E-state index in [1.165, 1.54) is 12.1 Å². The molecule has 0 bridgehead atoms. The van der Waals surface area contributed by atoms with E-state index in [4.69, 9.17) is 15.2 Å². The summed E-state index contributed by atoms with van der Waals surface area (Å²) in [5, 5.41) is 0. The summed E-state index contributed by atoms with van der Waals surface area (Å²) in [7, 11) is -3.63. The van der Waals surface area contributed by atoms with Crippen molar-refractivity contribution in [1.29, 1.82) is 0 Å². The van der Waals surface area contributed by atoms with Gasteiger partial charge in [0.2, 0.25) is 10.0 Å². The summed E-state index contributed by atoms with van der Waals surface area (Å²) < 4.78 is 38.7. The fraction of sp³-hybridized carbons (Fsp3) is 0.333. The molecule has 0 amide bonds. The van der Waals surface area contributed by atoms with Gasteiger partial charge in [0, 0.05) is 18.7 Å². The van der Waals surface area contributed by atoms with Gasteiger partial charge in [-0.05, 0) is 49.2 Å². The van der Waals surface area contributed by atoms with E-state index in [2.05, 4.69) is 4.72 Å². The van der Waals surface area contributed by atoms with Crippen molar-refractivity contribution in [2.75, 3.05) is 13.2 Å². The number of para-hydroxylation sites is 1. The highest BCUT2D eigenvalue weighted by Crippen LogP contribution is 2.25. The highest BCUT2D eigenvalue weighted by atomic mass is 32.2. The number of nitrogens with two attached hydrogens (primary N) is 1. The van der Waals surface area contributed by atoms with Crippen molar-refractivity contribution >= 4 is 10.0 Å². The molecule has 0 aromatic heterocycles. The van der Waals surface area contributed by atoms with Crippen LogP contribution in [-0.4, -0.2) is 33.7 Å². The molecule has 2 aromatic carbocycles. The normalized spacial score (nSPS) is 21.0. The first-order valence-electron chi connectivity index (χ1n) is 8.15. The van der Waals surface area contributed by atoms with Gasteiger partial charge in [0.15, 0.2) is 0 Å². The molecule has 25 heavy (non-hydrogen) atoms. The van der Waals surface area contributed by atoms with Crippen LogP contribution in [0.3, 0.4) is 0 Å². The molecule has 2 atom stereocenters. The zero-order chi connectivity index (χ0) is 17.9. The van der Waals surface area contributed by atoms with Crippen molar-refractivity contribution in [3.63, 3.8) is 0 Å². The number of aryl methyl sites for hydroxylation is 1. The molecule has 3 N–H and O–H groups in total. The van der Waals surface area contributed by atoms with E-state index >= 15 is 0 Å². The van der Waals surface area contributed by atoms with Crippen LogP contribution in [0.2, 0.25) is 0 Å². The maximum atomic E-state index is 12.5. The first-order chi connectivity index (χ1) is 12.0. The van der Waals surface area contributed by atoms with Crippen molar-refractivity contribution in [2.24, 2.45) is 5.73 Å². The third-order valence-electron chi connectivity index (χ3n) is 4.16. The Kier molecular flexibility index (Phi) is 5.39. The van der Waals surface area contributed by atoms with Crippen LogP contribution < -0.4 is 15.2 Å². The van der Waals surface area contributed by atoms with Gasteiger partial charge in [-0.2, -0.15) is 0 Å². The Balaban J connectivity index is 1.71. The number of ether oxygens (including phenoxy) is 2. The zero-order valence-electron chi connectivity index (χ0n) is 14.0. The number of rotatable bonds is 5. The molecule has 0 unspecified atom stereocenters. The second kappa shape index (κ2) is 7.53. The lowest BCUT2D eigenvalue weighted by Crippen LogP contribution is -2.52. The van der Waals surface area contributed by atoms with E-state index in [0.29, 0.717) is 25.4 Å². The van der Waals surface area contributed by atoms with Gasteiger partial charge in [0.1, 0.15) is 11.5 Å². The van der Waals surface area contributed by atoms with Gasteiger partial charge in [-0.25, -0.2) is 13.1 Å². The minimum Gasteiger partial charge on any atom is -0.457 e. The lowest BCUT2D eigenvalue weighted by atomic mass is 10.1. The highest BCUT2D eigenvalue weighted by Gasteiger charge is 2.27. The fourth-order valence-corrected chi connectivity index (χ4v) is 3.98. The van der Waals surface area contributed by atoms with Crippen LogP contribution in [0.15, 0.2) is 53.4 Å². The molecule has 0 aliphatic carbocycles. The van der Waals surface area contributed by atoms with Crippen LogP contribution in [0.1, 0.15) is 12.0 Å². The standard InChI is InChI=1S/C18H22N2O4S/c1-13-4-2-3-5-18(13)24-14-6-8-15(9-7-14)25(21,22)20-17-10-11-23-12-16(17)19/h2-9,16-17,20H,10-12,19H2,1H3/t16-,17+/m0/s1. The summed E-state index contributed by atoms with van der Waals surface area (Å²) in [6, 6.07) is 13.3. The predicted molar refractivity (Wildman–Crippen MR) is 95.2 cm³/mol. The minimum absolute atomic E-state index is 0.184. The van der Waals surface area contributed by atoms with Crippen LogP contribution in [0.4, 0.5) is 0 Å². The molecule has 134 valence electrons. The molecule has 2 aromatic rings. The second-order valence-corrected chi connectivity index (χ2v) is 7.81. The summed E-state index contributed by atoms with van der Waals surface area (Å²) in [4.78, 5) is 0.184. The van der Waals surface area contributed by atoms with E-state index in [9.17, 15) is 8.42 Å². The molecule has 1 fully saturated rings. The van der Waals surface area contributed by atoms with E-state index < -0.39 is 10.0 Å². The summed E-state index contributed by atoms with van der Waals surface area (Å²) in [6.07, 6.45) is 0.564. The number of nitrogens with one attached hydrogen (secondary N) is 1. The molecule has 0 radical (unpaired) electrons. The van der Waals surface area contributed by atoms with E-state index in [-0.39, 0.29) is 17.0 Å². The molecule has 1 aliphatic rings. The average molecular weight is 362 g/mol. The Labute approximate surface area is 148 Å². The largest absolute Gasteiger partial charge is 0.457 e. The van der Waals surface area contributed by atoms with Gasteiger partial charge >= 0.3 is 0 Å². The number of hydrogen-bond acceptors (Lipinski definition) is 5. The Morgan fingerprint density at radius 3 is 2.56 bits per heavy atom. The minimum atomic E-state index is -3.63. The number of hydrogen-bond donors (Lipinski definition) is 2. The molecule has 1 heterocycles. The van der Waals surface area contributed by atoms with E-state index in [1.54, 1.807) is 12.1 Å². The first-order valence-corrected chi connectivity index (χ1v) is 9.63. The molecule has 0 saturated carbocycles. The molecule has 6 nitrogen and oxygen atoms in total. The van der Waals surface area contributed by atoms with Crippen LogP contribution in [0.25, 0.3) is 0 Å². The molecular formula is C18H22N2O4S. The Hall–Kier alpha value is -1.93. The topological polar surface area (TPSA) is 90.7 Å². The summed E-state index contributed by atoms with van der Waals surface area (Å²) >= 11 is 0. The lowest BCUT2D eigenvalue weighted by molar-refractivity contribution is 0.0674. The first kappa shape index (κ1) is 17.9. The van der Waals surface area contributed by atoms with Crippen LogP contribution in [-0.2, 0) is 14.8 Å². The highest BCUT2D eigenvalue weighted by molar-refractivity contribution is 7.89. The van der Waals surface area contributed by atoms with Gasteiger partial charge in [-0.15, -0.1) is 0 Å². The van der Waals surface area contributed by atoms with Gasteiger partial charge in [0.05, 0.1) is 11.5 Å². The SMILES string of the molecule is Cc1ccccc1Oc1ccc(S(=O)(=O)N[C@@H]2CCOC[C@@H]2N)cc1. The molecule has 1 aliphatic heterocycles. The number of sulfonamides is 1.